The Morgan fingerprint density at radius 1 is 1.22 bits per heavy atom. The molecule has 0 fully saturated rings. The maximum atomic E-state index is 6.10. The first-order valence-corrected chi connectivity index (χ1v) is 6.66. The fourth-order valence-electron chi connectivity index (χ4n) is 1.77. The minimum absolute atomic E-state index is 0.629. The average molecular weight is 284 g/mol. The van der Waals surface area contributed by atoms with Crippen molar-refractivity contribution in [2.24, 2.45) is 0 Å². The number of para-hydroxylation sites is 1. The van der Waals surface area contributed by atoms with Gasteiger partial charge in [-0.15, -0.1) is 0 Å². The number of anilines is 1. The van der Waals surface area contributed by atoms with E-state index in [0.29, 0.717) is 16.6 Å². The minimum atomic E-state index is 0.629. The fourth-order valence-corrected chi connectivity index (χ4v) is 2.30. The summed E-state index contributed by atoms with van der Waals surface area (Å²) >= 11 is 12.2. The van der Waals surface area contributed by atoms with Gasteiger partial charge in [0.15, 0.2) is 0 Å². The van der Waals surface area contributed by atoms with Gasteiger partial charge in [0.2, 0.25) is 0 Å². The number of hydrogen-bond donors (Lipinski definition) is 1. The van der Waals surface area contributed by atoms with Gasteiger partial charge in [-0.25, -0.2) is 0 Å². The summed E-state index contributed by atoms with van der Waals surface area (Å²) in [6, 6.07) is 7.46. The SMILES string of the molecule is CCCn1nccc1CNc1c(Cl)cccc1Cl. The van der Waals surface area contributed by atoms with E-state index in [-0.39, 0.29) is 0 Å². The highest BCUT2D eigenvalue weighted by Crippen LogP contribution is 2.30. The van der Waals surface area contributed by atoms with Gasteiger partial charge < -0.3 is 5.32 Å². The smallest absolute Gasteiger partial charge is 0.0722 e. The Bertz CT molecular complexity index is 502. The van der Waals surface area contributed by atoms with Gasteiger partial charge in [0, 0.05) is 12.7 Å². The van der Waals surface area contributed by atoms with Gasteiger partial charge in [-0.2, -0.15) is 5.10 Å². The van der Waals surface area contributed by atoms with E-state index >= 15 is 0 Å². The molecule has 3 nitrogen and oxygen atoms in total. The van der Waals surface area contributed by atoms with Crippen molar-refractivity contribution < 1.29 is 0 Å². The standard InChI is InChI=1S/C13H15Cl2N3/c1-2-8-18-10(6-7-17-18)9-16-13-11(14)4-3-5-12(13)15/h3-7,16H,2,8-9H2,1H3. The lowest BCUT2D eigenvalue weighted by atomic mass is 10.3. The van der Waals surface area contributed by atoms with Crippen LogP contribution in [-0.4, -0.2) is 9.78 Å². The van der Waals surface area contributed by atoms with Crippen molar-refractivity contribution in [3.8, 4) is 0 Å². The van der Waals surface area contributed by atoms with E-state index < -0.39 is 0 Å². The summed E-state index contributed by atoms with van der Waals surface area (Å²) in [6.07, 6.45) is 2.86. The van der Waals surface area contributed by atoms with Crippen molar-refractivity contribution in [2.75, 3.05) is 5.32 Å². The number of benzene rings is 1. The van der Waals surface area contributed by atoms with Gasteiger partial charge in [-0.3, -0.25) is 4.68 Å². The van der Waals surface area contributed by atoms with E-state index in [4.69, 9.17) is 23.2 Å². The monoisotopic (exact) mass is 283 g/mol. The van der Waals surface area contributed by atoms with Gasteiger partial charge in [0.1, 0.15) is 0 Å². The summed E-state index contributed by atoms with van der Waals surface area (Å²) < 4.78 is 1.98. The predicted molar refractivity (Wildman–Crippen MR) is 76.3 cm³/mol. The number of aryl methyl sites for hydroxylation is 1. The lowest BCUT2D eigenvalue weighted by Gasteiger charge is -2.11. The molecule has 0 amide bonds. The molecule has 1 aromatic carbocycles. The van der Waals surface area contributed by atoms with E-state index in [9.17, 15) is 0 Å². The van der Waals surface area contributed by atoms with Crippen molar-refractivity contribution in [2.45, 2.75) is 26.4 Å². The Labute approximate surface area is 117 Å². The second-order valence-corrected chi connectivity index (χ2v) is 4.81. The molecule has 0 spiro atoms. The van der Waals surface area contributed by atoms with Crippen LogP contribution in [0.4, 0.5) is 5.69 Å². The lowest BCUT2D eigenvalue weighted by Crippen LogP contribution is -2.09. The number of aromatic nitrogens is 2. The van der Waals surface area contributed by atoms with Gasteiger partial charge in [0.25, 0.3) is 0 Å². The van der Waals surface area contributed by atoms with E-state index in [1.54, 1.807) is 6.20 Å². The Morgan fingerprint density at radius 3 is 2.61 bits per heavy atom. The summed E-state index contributed by atoms with van der Waals surface area (Å²) in [5.41, 5.74) is 1.89. The van der Waals surface area contributed by atoms with E-state index in [1.807, 2.05) is 28.9 Å². The summed E-state index contributed by atoms with van der Waals surface area (Å²) in [5, 5.41) is 8.79. The molecule has 0 bridgehead atoms. The molecule has 2 rings (SSSR count). The van der Waals surface area contributed by atoms with E-state index in [1.165, 1.54) is 0 Å². The third-order valence-electron chi connectivity index (χ3n) is 2.65. The van der Waals surface area contributed by atoms with Crippen LogP contribution in [-0.2, 0) is 13.1 Å². The highest BCUT2D eigenvalue weighted by molar-refractivity contribution is 6.39. The quantitative estimate of drug-likeness (QED) is 0.891. The summed E-state index contributed by atoms with van der Waals surface area (Å²) in [5.74, 6) is 0. The molecule has 1 N–H and O–H groups in total. The van der Waals surface area contributed by atoms with E-state index in [2.05, 4.69) is 17.3 Å². The van der Waals surface area contributed by atoms with Crippen LogP contribution in [0.5, 0.6) is 0 Å². The number of nitrogens with zero attached hydrogens (tertiary/aromatic N) is 2. The normalized spacial score (nSPS) is 10.6. The van der Waals surface area contributed by atoms with Crippen LogP contribution in [0.1, 0.15) is 19.0 Å². The van der Waals surface area contributed by atoms with Crippen molar-refractivity contribution in [3.63, 3.8) is 0 Å². The van der Waals surface area contributed by atoms with Crippen molar-refractivity contribution in [1.82, 2.24) is 9.78 Å². The van der Waals surface area contributed by atoms with Gasteiger partial charge in [-0.05, 0) is 24.6 Å². The van der Waals surface area contributed by atoms with Crippen LogP contribution in [0.25, 0.3) is 0 Å². The third-order valence-corrected chi connectivity index (χ3v) is 3.28. The van der Waals surface area contributed by atoms with E-state index in [0.717, 1.165) is 24.3 Å². The molecule has 0 aliphatic heterocycles. The molecule has 0 aliphatic carbocycles. The number of hydrogen-bond acceptors (Lipinski definition) is 2. The zero-order valence-corrected chi connectivity index (χ0v) is 11.7. The Balaban J connectivity index is 2.09. The Hall–Kier alpha value is -1.19. The molecule has 0 aliphatic rings. The molecule has 2 aromatic rings. The Morgan fingerprint density at radius 2 is 1.94 bits per heavy atom. The first-order valence-electron chi connectivity index (χ1n) is 5.91. The topological polar surface area (TPSA) is 29.9 Å². The molecule has 96 valence electrons. The second-order valence-electron chi connectivity index (χ2n) is 4.00. The highest BCUT2D eigenvalue weighted by atomic mass is 35.5. The second kappa shape index (κ2) is 6.12. The first-order chi connectivity index (χ1) is 8.72. The molecule has 0 atom stereocenters. The lowest BCUT2D eigenvalue weighted by molar-refractivity contribution is 0.578. The predicted octanol–water partition coefficient (Wildman–Crippen LogP) is 4.21. The van der Waals surface area contributed by atoms with Crippen molar-refractivity contribution >= 4 is 28.9 Å². The van der Waals surface area contributed by atoms with Gasteiger partial charge >= 0.3 is 0 Å². The van der Waals surface area contributed by atoms with Crippen LogP contribution < -0.4 is 5.32 Å². The third kappa shape index (κ3) is 2.98. The molecule has 1 aromatic heterocycles. The summed E-state index contributed by atoms with van der Waals surface area (Å²) in [4.78, 5) is 0. The molecular formula is C13H15Cl2N3. The van der Waals surface area contributed by atoms with Gasteiger partial charge in [-0.1, -0.05) is 36.2 Å². The molecule has 0 saturated carbocycles. The summed E-state index contributed by atoms with van der Waals surface area (Å²) in [6.45, 7) is 3.70. The number of nitrogens with one attached hydrogen (secondary N) is 1. The Kier molecular flexibility index (Phi) is 4.50. The molecule has 1 heterocycles. The maximum absolute atomic E-state index is 6.10. The van der Waals surface area contributed by atoms with Crippen LogP contribution in [0.15, 0.2) is 30.5 Å². The molecular weight excluding hydrogens is 269 g/mol. The number of halogens is 2. The van der Waals surface area contributed by atoms with Crippen LogP contribution in [0, 0.1) is 0 Å². The fraction of sp³-hybridized carbons (Fsp3) is 0.308. The zero-order valence-electron chi connectivity index (χ0n) is 10.2. The molecule has 0 radical (unpaired) electrons. The molecule has 0 saturated heterocycles. The maximum Gasteiger partial charge on any atom is 0.0722 e. The van der Waals surface area contributed by atoms with Crippen LogP contribution in [0.3, 0.4) is 0 Å². The number of rotatable bonds is 5. The molecule has 18 heavy (non-hydrogen) atoms. The van der Waals surface area contributed by atoms with Gasteiger partial charge in [0.05, 0.1) is 28.0 Å². The molecule has 5 heteroatoms. The average Bonchev–Trinajstić information content (AvgIpc) is 2.77. The molecule has 0 unspecified atom stereocenters. The minimum Gasteiger partial charge on any atom is -0.377 e. The first kappa shape index (κ1) is 13.2. The highest BCUT2D eigenvalue weighted by Gasteiger charge is 2.06. The van der Waals surface area contributed by atoms with Crippen molar-refractivity contribution in [3.05, 3.63) is 46.2 Å². The van der Waals surface area contributed by atoms with Crippen LogP contribution in [0.2, 0.25) is 10.0 Å². The largest absolute Gasteiger partial charge is 0.377 e. The van der Waals surface area contributed by atoms with Crippen LogP contribution >= 0.6 is 23.2 Å². The zero-order chi connectivity index (χ0) is 13.0. The van der Waals surface area contributed by atoms with Crippen molar-refractivity contribution in [1.29, 1.82) is 0 Å². The summed E-state index contributed by atoms with van der Waals surface area (Å²) in [7, 11) is 0.